The number of likely N-dealkylation sites (N-methyl/N-ethyl adjacent to an activating group) is 1. The van der Waals surface area contributed by atoms with Gasteiger partial charge in [-0.2, -0.15) is 0 Å². The maximum absolute atomic E-state index is 13.2. The summed E-state index contributed by atoms with van der Waals surface area (Å²) in [5, 5.41) is 0. The van der Waals surface area contributed by atoms with Gasteiger partial charge >= 0.3 is 0 Å². The van der Waals surface area contributed by atoms with Gasteiger partial charge in [0.2, 0.25) is 5.82 Å². The van der Waals surface area contributed by atoms with Crippen molar-refractivity contribution in [3.05, 3.63) is 29.2 Å². The van der Waals surface area contributed by atoms with Crippen LogP contribution in [-0.2, 0) is 0 Å². The van der Waals surface area contributed by atoms with E-state index in [1.807, 2.05) is 11.8 Å². The molecule has 2 fully saturated rings. The molecule has 0 radical (unpaired) electrons. The van der Waals surface area contributed by atoms with Crippen molar-refractivity contribution in [2.45, 2.75) is 45.6 Å². The number of carbonyl (C=O) groups excluding carboxylic acids is 1. The van der Waals surface area contributed by atoms with Crippen molar-refractivity contribution >= 4 is 11.7 Å². The molecule has 1 saturated carbocycles. The van der Waals surface area contributed by atoms with E-state index in [4.69, 9.17) is 4.98 Å². The number of nitrogens with zero attached hydrogens (tertiary/aromatic N) is 5. The van der Waals surface area contributed by atoms with Crippen LogP contribution < -0.4 is 4.90 Å². The molecule has 0 aromatic carbocycles. The van der Waals surface area contributed by atoms with Crippen LogP contribution >= 0.6 is 0 Å². The molecule has 0 bridgehead atoms. The zero-order valence-electron chi connectivity index (χ0n) is 17.0. The van der Waals surface area contributed by atoms with Crippen molar-refractivity contribution in [3.63, 3.8) is 0 Å². The fourth-order valence-corrected chi connectivity index (χ4v) is 4.28. The van der Waals surface area contributed by atoms with Crippen LogP contribution in [0, 0.1) is 19.3 Å². The quantitative estimate of drug-likeness (QED) is 0.766. The monoisotopic (exact) mass is 369 g/mol. The molecule has 4 rings (SSSR count). The third-order valence-corrected chi connectivity index (χ3v) is 6.56. The van der Waals surface area contributed by atoms with Crippen molar-refractivity contribution in [2.75, 3.05) is 45.2 Å². The Morgan fingerprint density at radius 3 is 2.67 bits per heavy atom. The van der Waals surface area contributed by atoms with E-state index in [-0.39, 0.29) is 5.91 Å². The van der Waals surface area contributed by atoms with Gasteiger partial charge in [0.15, 0.2) is 0 Å². The number of hydrogen-bond donors (Lipinski definition) is 0. The Morgan fingerprint density at radius 1 is 1.22 bits per heavy atom. The van der Waals surface area contributed by atoms with Crippen molar-refractivity contribution in [1.29, 1.82) is 0 Å². The second-order valence-corrected chi connectivity index (χ2v) is 8.79. The van der Waals surface area contributed by atoms with Crippen molar-refractivity contribution in [2.24, 2.45) is 5.41 Å². The number of amides is 1. The number of carbonyl (C=O) groups is 1. The molecule has 1 amide bonds. The van der Waals surface area contributed by atoms with Gasteiger partial charge in [0.25, 0.3) is 5.91 Å². The lowest BCUT2D eigenvalue weighted by Gasteiger charge is -2.26. The highest BCUT2D eigenvalue weighted by Crippen LogP contribution is 2.50. The predicted molar refractivity (Wildman–Crippen MR) is 107 cm³/mol. The molecule has 0 unspecified atom stereocenters. The third kappa shape index (κ3) is 3.59. The van der Waals surface area contributed by atoms with Crippen LogP contribution in [0.1, 0.15) is 47.6 Å². The molecule has 1 aliphatic carbocycles. The summed E-state index contributed by atoms with van der Waals surface area (Å²) in [6.45, 7) is 7.48. The van der Waals surface area contributed by atoms with Gasteiger partial charge in [-0.3, -0.25) is 4.79 Å². The normalized spacial score (nSPS) is 24.0. The van der Waals surface area contributed by atoms with Gasteiger partial charge in [0, 0.05) is 43.5 Å². The van der Waals surface area contributed by atoms with Crippen molar-refractivity contribution in [1.82, 2.24) is 19.8 Å². The molecule has 1 aromatic heterocycles. The number of hydrogen-bond acceptors (Lipinski definition) is 5. The first kappa shape index (κ1) is 18.4. The second-order valence-electron chi connectivity index (χ2n) is 8.79. The maximum atomic E-state index is 13.2. The molecule has 6 heteroatoms. The summed E-state index contributed by atoms with van der Waals surface area (Å²) in [6, 6.07) is 0.532. The lowest BCUT2D eigenvalue weighted by atomic mass is 10.0. The smallest absolute Gasteiger partial charge is 0.292 e. The van der Waals surface area contributed by atoms with E-state index in [1.54, 1.807) is 0 Å². The van der Waals surface area contributed by atoms with Crippen LogP contribution in [0.25, 0.3) is 0 Å². The van der Waals surface area contributed by atoms with Crippen molar-refractivity contribution in [3.8, 4) is 0 Å². The summed E-state index contributed by atoms with van der Waals surface area (Å²) in [4.78, 5) is 29.1. The number of aryl methyl sites for hydroxylation is 1. The minimum atomic E-state index is -0.0273. The Balaban J connectivity index is 1.59. The number of anilines is 1. The highest BCUT2D eigenvalue weighted by molar-refractivity contribution is 5.91. The molecular weight excluding hydrogens is 338 g/mol. The zero-order valence-corrected chi connectivity index (χ0v) is 17.0. The van der Waals surface area contributed by atoms with Gasteiger partial charge in [-0.15, -0.1) is 0 Å². The van der Waals surface area contributed by atoms with Gasteiger partial charge < -0.3 is 14.7 Å². The molecule has 2 aliphatic heterocycles. The average molecular weight is 370 g/mol. The lowest BCUT2D eigenvalue weighted by molar-refractivity contribution is 0.0732. The van der Waals surface area contributed by atoms with Gasteiger partial charge in [-0.1, -0.05) is 12.2 Å². The number of allylic oxidation sites excluding steroid dienone is 1. The Labute approximate surface area is 162 Å². The summed E-state index contributed by atoms with van der Waals surface area (Å²) in [6.07, 6.45) is 9.01. The largest absolute Gasteiger partial charge is 0.355 e. The maximum Gasteiger partial charge on any atom is 0.292 e. The first-order valence-electron chi connectivity index (χ1n) is 10.1. The highest BCUT2D eigenvalue weighted by Gasteiger charge is 2.44. The Morgan fingerprint density at radius 2 is 2.00 bits per heavy atom. The summed E-state index contributed by atoms with van der Waals surface area (Å²) in [5.41, 5.74) is 2.31. The van der Waals surface area contributed by atoms with Crippen LogP contribution in [0.5, 0.6) is 0 Å². The summed E-state index contributed by atoms with van der Waals surface area (Å²) in [5.74, 6) is 1.26. The van der Waals surface area contributed by atoms with Gasteiger partial charge in [0.1, 0.15) is 5.82 Å². The second kappa shape index (κ2) is 6.89. The van der Waals surface area contributed by atoms with E-state index in [2.05, 4.69) is 48.0 Å². The van der Waals surface area contributed by atoms with Crippen LogP contribution in [0.2, 0.25) is 0 Å². The minimum Gasteiger partial charge on any atom is -0.355 e. The number of aromatic nitrogens is 2. The first-order valence-corrected chi connectivity index (χ1v) is 10.1. The third-order valence-electron chi connectivity index (χ3n) is 6.56. The summed E-state index contributed by atoms with van der Waals surface area (Å²) >= 11 is 0. The van der Waals surface area contributed by atoms with E-state index in [9.17, 15) is 4.79 Å². The average Bonchev–Trinajstić information content (AvgIpc) is 3.29. The molecular formula is C21H31N5O. The molecule has 6 nitrogen and oxygen atoms in total. The SMILES string of the molecule is Cc1nc(C(=O)N2CC=CCC3(CC3)C2)nc(N2CC[C@@H](N(C)C)C2)c1C. The summed E-state index contributed by atoms with van der Waals surface area (Å²) in [7, 11) is 4.25. The Bertz CT molecular complexity index is 768. The molecule has 1 spiro atoms. The van der Waals surface area contributed by atoms with Crippen LogP contribution in [-0.4, -0.2) is 72.0 Å². The highest BCUT2D eigenvalue weighted by atomic mass is 16.2. The molecule has 3 aliphatic rings. The van der Waals surface area contributed by atoms with Gasteiger partial charge in [-0.05, 0) is 59.0 Å². The van der Waals surface area contributed by atoms with Crippen LogP contribution in [0.3, 0.4) is 0 Å². The Hall–Kier alpha value is -1.95. The fourth-order valence-electron chi connectivity index (χ4n) is 4.28. The molecule has 1 aromatic rings. The van der Waals surface area contributed by atoms with Crippen LogP contribution in [0.4, 0.5) is 5.82 Å². The topological polar surface area (TPSA) is 52.6 Å². The molecule has 27 heavy (non-hydrogen) atoms. The predicted octanol–water partition coefficient (Wildman–Crippen LogP) is 2.42. The van der Waals surface area contributed by atoms with E-state index in [0.717, 1.165) is 49.6 Å². The van der Waals surface area contributed by atoms with Crippen LogP contribution in [0.15, 0.2) is 12.2 Å². The zero-order chi connectivity index (χ0) is 19.2. The van der Waals surface area contributed by atoms with Crippen molar-refractivity contribution < 1.29 is 4.79 Å². The van der Waals surface area contributed by atoms with E-state index >= 15 is 0 Å². The lowest BCUT2D eigenvalue weighted by Crippen LogP contribution is -2.37. The van der Waals surface area contributed by atoms with E-state index in [1.165, 1.54) is 12.8 Å². The van der Waals surface area contributed by atoms with Gasteiger partial charge in [-0.25, -0.2) is 9.97 Å². The molecule has 1 saturated heterocycles. The molecule has 3 heterocycles. The Kier molecular flexibility index (Phi) is 4.70. The summed E-state index contributed by atoms with van der Waals surface area (Å²) < 4.78 is 0. The number of rotatable bonds is 3. The fraction of sp³-hybridized carbons (Fsp3) is 0.667. The molecule has 146 valence electrons. The van der Waals surface area contributed by atoms with E-state index < -0.39 is 0 Å². The molecule has 0 N–H and O–H groups in total. The minimum absolute atomic E-state index is 0.0273. The standard InChI is InChI=1S/C21H31N5O/c1-15-16(2)22-18(23-19(15)25-12-7-17(13-25)24(3)4)20(27)26-11-6-5-8-21(14-26)9-10-21/h5-6,17H,7-14H2,1-4H3/t17-/m1/s1. The van der Waals surface area contributed by atoms with E-state index in [0.29, 0.717) is 23.8 Å². The first-order chi connectivity index (χ1) is 12.9. The molecule has 1 atom stereocenters. The van der Waals surface area contributed by atoms with Gasteiger partial charge in [0.05, 0.1) is 0 Å².